The second-order valence-corrected chi connectivity index (χ2v) is 7.10. The summed E-state index contributed by atoms with van der Waals surface area (Å²) in [7, 11) is 3.76. The summed E-state index contributed by atoms with van der Waals surface area (Å²) in [5, 5.41) is 5.10. The van der Waals surface area contributed by atoms with Crippen LogP contribution in [0.25, 0.3) is 0 Å². The van der Waals surface area contributed by atoms with E-state index in [1.807, 2.05) is 43.1 Å². The number of aryl methyl sites for hydroxylation is 2. The van der Waals surface area contributed by atoms with Gasteiger partial charge in [0.15, 0.2) is 5.96 Å². The van der Waals surface area contributed by atoms with Crippen molar-refractivity contribution in [2.24, 2.45) is 4.99 Å². The van der Waals surface area contributed by atoms with Gasteiger partial charge < -0.3 is 15.0 Å². The lowest BCUT2D eigenvalue weighted by Gasteiger charge is -2.21. The van der Waals surface area contributed by atoms with Crippen LogP contribution in [0.1, 0.15) is 15.6 Å². The molecule has 2 aromatic rings. The molecule has 0 spiro atoms. The van der Waals surface area contributed by atoms with E-state index in [0.29, 0.717) is 18.2 Å². The average molecular weight is 367 g/mol. The van der Waals surface area contributed by atoms with Gasteiger partial charge in [0, 0.05) is 24.0 Å². The van der Waals surface area contributed by atoms with Crippen LogP contribution in [0.2, 0.25) is 5.02 Å². The summed E-state index contributed by atoms with van der Waals surface area (Å²) < 4.78 is 5.71. The fourth-order valence-electron chi connectivity index (χ4n) is 2.09. The standard InChI is InChI=1S/C17H23ClN4OS/c1-12-13(2)24-16(21-12)11-20-17(19-3)22(4)9-10-23-15-7-5-14(18)6-8-15/h5-8H,9-11H2,1-4H3,(H,19,20). The zero-order valence-corrected chi connectivity index (χ0v) is 16.0. The van der Waals surface area contributed by atoms with Crippen LogP contribution in [0.5, 0.6) is 5.75 Å². The number of nitrogens with one attached hydrogen (secondary N) is 1. The molecule has 0 aliphatic carbocycles. The molecule has 0 saturated carbocycles. The predicted molar refractivity (Wildman–Crippen MR) is 101 cm³/mol. The van der Waals surface area contributed by atoms with Crippen LogP contribution in [0.3, 0.4) is 0 Å². The number of aliphatic imine (C=N–C) groups is 1. The summed E-state index contributed by atoms with van der Waals surface area (Å²) in [5.41, 5.74) is 1.09. The van der Waals surface area contributed by atoms with E-state index >= 15 is 0 Å². The van der Waals surface area contributed by atoms with E-state index in [1.165, 1.54) is 4.88 Å². The van der Waals surface area contributed by atoms with Crippen LogP contribution in [0.4, 0.5) is 0 Å². The van der Waals surface area contributed by atoms with Crippen LogP contribution in [0, 0.1) is 13.8 Å². The van der Waals surface area contributed by atoms with Crippen molar-refractivity contribution >= 4 is 28.9 Å². The van der Waals surface area contributed by atoms with Crippen LogP contribution in [-0.2, 0) is 6.54 Å². The van der Waals surface area contributed by atoms with Crippen molar-refractivity contribution < 1.29 is 4.74 Å². The SMILES string of the molecule is CN=C(NCc1nc(C)c(C)s1)N(C)CCOc1ccc(Cl)cc1. The summed E-state index contributed by atoms with van der Waals surface area (Å²) in [5.74, 6) is 1.63. The summed E-state index contributed by atoms with van der Waals surface area (Å²) >= 11 is 7.57. The van der Waals surface area contributed by atoms with E-state index in [0.717, 1.165) is 29.0 Å². The quantitative estimate of drug-likeness (QED) is 0.628. The number of nitrogens with zero attached hydrogens (tertiary/aromatic N) is 3. The van der Waals surface area contributed by atoms with Crippen LogP contribution >= 0.6 is 22.9 Å². The van der Waals surface area contributed by atoms with Crippen molar-refractivity contribution in [1.29, 1.82) is 0 Å². The number of ether oxygens (including phenoxy) is 1. The molecule has 0 radical (unpaired) electrons. The lowest BCUT2D eigenvalue weighted by Crippen LogP contribution is -2.40. The highest BCUT2D eigenvalue weighted by molar-refractivity contribution is 7.11. The van der Waals surface area contributed by atoms with Gasteiger partial charge in [0.05, 0.1) is 18.8 Å². The van der Waals surface area contributed by atoms with Gasteiger partial charge in [0.1, 0.15) is 17.4 Å². The Morgan fingerprint density at radius 2 is 2.04 bits per heavy atom. The largest absolute Gasteiger partial charge is 0.492 e. The van der Waals surface area contributed by atoms with E-state index < -0.39 is 0 Å². The molecule has 130 valence electrons. The first-order valence-corrected chi connectivity index (χ1v) is 8.92. The normalized spacial score (nSPS) is 11.5. The maximum atomic E-state index is 5.86. The van der Waals surface area contributed by atoms with Gasteiger partial charge in [-0.3, -0.25) is 4.99 Å². The Balaban J connectivity index is 1.78. The van der Waals surface area contributed by atoms with Gasteiger partial charge >= 0.3 is 0 Å². The number of guanidine groups is 1. The number of halogens is 1. The Bertz CT molecular complexity index is 665. The van der Waals surface area contributed by atoms with Gasteiger partial charge in [-0.2, -0.15) is 0 Å². The highest BCUT2D eigenvalue weighted by Crippen LogP contribution is 2.16. The molecule has 0 atom stereocenters. The van der Waals surface area contributed by atoms with Gasteiger partial charge in [-0.25, -0.2) is 4.98 Å². The lowest BCUT2D eigenvalue weighted by molar-refractivity contribution is 0.281. The fraction of sp³-hybridized carbons (Fsp3) is 0.412. The second-order valence-electron chi connectivity index (χ2n) is 5.37. The summed E-state index contributed by atoms with van der Waals surface area (Å²) in [6.45, 7) is 6.08. The minimum absolute atomic E-state index is 0.564. The minimum Gasteiger partial charge on any atom is -0.492 e. The average Bonchev–Trinajstić information content (AvgIpc) is 2.88. The Morgan fingerprint density at radius 3 is 2.62 bits per heavy atom. The molecule has 0 bridgehead atoms. The maximum Gasteiger partial charge on any atom is 0.193 e. The number of thiazole rings is 1. The molecule has 1 heterocycles. The number of rotatable bonds is 6. The van der Waals surface area contributed by atoms with Crippen molar-refractivity contribution in [2.75, 3.05) is 27.2 Å². The molecule has 24 heavy (non-hydrogen) atoms. The van der Waals surface area contributed by atoms with E-state index in [-0.39, 0.29) is 0 Å². The Kier molecular flexibility index (Phi) is 6.87. The molecule has 0 aliphatic rings. The molecule has 1 aromatic carbocycles. The number of benzene rings is 1. The first-order valence-electron chi connectivity index (χ1n) is 7.72. The first kappa shape index (κ1) is 18.5. The third kappa shape index (κ3) is 5.39. The molecule has 0 fully saturated rings. The van der Waals surface area contributed by atoms with E-state index in [1.54, 1.807) is 18.4 Å². The first-order chi connectivity index (χ1) is 11.5. The predicted octanol–water partition coefficient (Wildman–Crippen LogP) is 3.50. The second kappa shape index (κ2) is 8.89. The zero-order valence-electron chi connectivity index (χ0n) is 14.5. The van der Waals surface area contributed by atoms with E-state index in [9.17, 15) is 0 Å². The van der Waals surface area contributed by atoms with Gasteiger partial charge in [-0.1, -0.05) is 11.6 Å². The molecular weight excluding hydrogens is 344 g/mol. The van der Waals surface area contributed by atoms with Gasteiger partial charge in [-0.15, -0.1) is 11.3 Å². The smallest absolute Gasteiger partial charge is 0.193 e. The van der Waals surface area contributed by atoms with Crippen molar-refractivity contribution in [3.63, 3.8) is 0 Å². The number of hydrogen-bond acceptors (Lipinski definition) is 4. The molecule has 0 amide bonds. The van der Waals surface area contributed by atoms with Gasteiger partial charge in [-0.05, 0) is 38.1 Å². The Labute approximate surface area is 152 Å². The highest BCUT2D eigenvalue weighted by Gasteiger charge is 2.08. The lowest BCUT2D eigenvalue weighted by atomic mass is 10.3. The third-order valence-corrected chi connectivity index (χ3v) is 4.88. The van der Waals surface area contributed by atoms with Crippen LogP contribution in [0.15, 0.2) is 29.3 Å². The van der Waals surface area contributed by atoms with Gasteiger partial charge in [0.25, 0.3) is 0 Å². The molecule has 0 aliphatic heterocycles. The topological polar surface area (TPSA) is 49.8 Å². The Hall–Kier alpha value is -1.79. The zero-order chi connectivity index (χ0) is 17.5. The molecular formula is C17H23ClN4OS. The van der Waals surface area contributed by atoms with Crippen LogP contribution in [-0.4, -0.2) is 43.1 Å². The summed E-state index contributed by atoms with van der Waals surface area (Å²) in [4.78, 5) is 12.1. The third-order valence-electron chi connectivity index (χ3n) is 3.55. The Morgan fingerprint density at radius 1 is 1.33 bits per heavy atom. The highest BCUT2D eigenvalue weighted by atomic mass is 35.5. The summed E-state index contributed by atoms with van der Waals surface area (Å²) in [6, 6.07) is 7.36. The van der Waals surface area contributed by atoms with Crippen LogP contribution < -0.4 is 10.1 Å². The number of hydrogen-bond donors (Lipinski definition) is 1. The molecule has 0 unspecified atom stereocenters. The molecule has 0 saturated heterocycles. The minimum atomic E-state index is 0.564. The molecule has 7 heteroatoms. The fourth-order valence-corrected chi connectivity index (χ4v) is 3.09. The van der Waals surface area contributed by atoms with Crippen molar-refractivity contribution in [3.05, 3.63) is 44.9 Å². The van der Waals surface area contributed by atoms with Crippen molar-refractivity contribution in [3.8, 4) is 5.75 Å². The molecule has 1 N–H and O–H groups in total. The number of likely N-dealkylation sites (N-methyl/N-ethyl adjacent to an activating group) is 1. The molecule has 2 rings (SSSR count). The maximum absolute atomic E-state index is 5.86. The van der Waals surface area contributed by atoms with E-state index in [4.69, 9.17) is 16.3 Å². The molecule has 1 aromatic heterocycles. The van der Waals surface area contributed by atoms with E-state index in [2.05, 4.69) is 22.2 Å². The monoisotopic (exact) mass is 366 g/mol. The molecule has 5 nitrogen and oxygen atoms in total. The van der Waals surface area contributed by atoms with Crippen molar-refractivity contribution in [1.82, 2.24) is 15.2 Å². The van der Waals surface area contributed by atoms with Gasteiger partial charge in [0.2, 0.25) is 0 Å². The number of aromatic nitrogens is 1. The summed E-state index contributed by atoms with van der Waals surface area (Å²) in [6.07, 6.45) is 0. The van der Waals surface area contributed by atoms with Crippen molar-refractivity contribution in [2.45, 2.75) is 20.4 Å².